The van der Waals surface area contributed by atoms with Crippen LogP contribution in [0.2, 0.25) is 0 Å². The molecule has 0 fully saturated rings. The normalized spacial score (nSPS) is 10.9. The van der Waals surface area contributed by atoms with E-state index in [1.54, 1.807) is 6.20 Å². The molecule has 0 aliphatic heterocycles. The van der Waals surface area contributed by atoms with Crippen LogP contribution in [-0.4, -0.2) is 15.0 Å². The van der Waals surface area contributed by atoms with Gasteiger partial charge in [-0.1, -0.05) is 146 Å². The fourth-order valence-corrected chi connectivity index (χ4v) is 6.05. The Morgan fingerprint density at radius 2 is 0.667 bits per heavy atom. The summed E-state index contributed by atoms with van der Waals surface area (Å²) >= 11 is 0. The van der Waals surface area contributed by atoms with E-state index in [1.807, 2.05) is 36.5 Å². The van der Waals surface area contributed by atoms with Gasteiger partial charge in [0, 0.05) is 29.1 Å². The zero-order chi connectivity index (χ0) is 32.1. The standard InChI is InChI=1S/C45H31N3/c1-4-11-32(12-5-1)34-22-24-37(25-23-34)43-30-44(48-45(47-43)38-15-8-3-9-16-38)42-28-40(33-13-6-2-7-14-33)27-41(29-42)36-20-18-35(19-21-36)39-17-10-26-46-31-39/h1-31H. The second-order valence-corrected chi connectivity index (χ2v) is 11.8. The predicted octanol–water partition coefficient (Wildman–Crippen LogP) is 11.5. The van der Waals surface area contributed by atoms with E-state index in [1.165, 1.54) is 11.1 Å². The van der Waals surface area contributed by atoms with Crippen LogP contribution < -0.4 is 0 Å². The summed E-state index contributed by atoms with van der Waals surface area (Å²) in [6, 6.07) is 61.4. The Labute approximate surface area is 280 Å². The van der Waals surface area contributed by atoms with Crippen molar-refractivity contribution in [3.63, 3.8) is 0 Å². The van der Waals surface area contributed by atoms with E-state index in [2.05, 4.69) is 151 Å². The first-order chi connectivity index (χ1) is 23.8. The fraction of sp³-hybridized carbons (Fsp3) is 0. The molecule has 0 aliphatic rings. The molecule has 0 N–H and O–H groups in total. The van der Waals surface area contributed by atoms with E-state index in [-0.39, 0.29) is 0 Å². The third-order valence-electron chi connectivity index (χ3n) is 8.59. The Hall–Kier alpha value is -6.45. The average molecular weight is 614 g/mol. The molecule has 0 unspecified atom stereocenters. The third kappa shape index (κ3) is 6.18. The number of hydrogen-bond acceptors (Lipinski definition) is 3. The Balaban J connectivity index is 1.26. The van der Waals surface area contributed by atoms with Crippen molar-refractivity contribution in [2.24, 2.45) is 0 Å². The summed E-state index contributed by atoms with van der Waals surface area (Å²) in [5, 5.41) is 0. The number of benzene rings is 6. The van der Waals surface area contributed by atoms with Gasteiger partial charge in [0.1, 0.15) is 0 Å². The summed E-state index contributed by atoms with van der Waals surface area (Å²) in [5.41, 5.74) is 13.9. The number of hydrogen-bond donors (Lipinski definition) is 0. The summed E-state index contributed by atoms with van der Waals surface area (Å²) in [4.78, 5) is 14.6. The van der Waals surface area contributed by atoms with Crippen molar-refractivity contribution >= 4 is 0 Å². The lowest BCUT2D eigenvalue weighted by molar-refractivity contribution is 1.18. The first-order valence-electron chi connectivity index (χ1n) is 16.1. The van der Waals surface area contributed by atoms with Gasteiger partial charge >= 0.3 is 0 Å². The van der Waals surface area contributed by atoms with Gasteiger partial charge in [-0.15, -0.1) is 0 Å². The lowest BCUT2D eigenvalue weighted by atomic mass is 9.93. The van der Waals surface area contributed by atoms with Crippen LogP contribution in [0.3, 0.4) is 0 Å². The van der Waals surface area contributed by atoms with Crippen molar-refractivity contribution in [1.29, 1.82) is 0 Å². The molecule has 226 valence electrons. The van der Waals surface area contributed by atoms with E-state index in [0.717, 1.165) is 61.5 Å². The molecule has 0 radical (unpaired) electrons. The molecule has 3 heteroatoms. The predicted molar refractivity (Wildman–Crippen MR) is 198 cm³/mol. The van der Waals surface area contributed by atoms with Gasteiger partial charge in [-0.3, -0.25) is 4.98 Å². The van der Waals surface area contributed by atoms with Gasteiger partial charge in [0.25, 0.3) is 0 Å². The zero-order valence-corrected chi connectivity index (χ0v) is 26.2. The zero-order valence-electron chi connectivity index (χ0n) is 26.2. The smallest absolute Gasteiger partial charge is 0.160 e. The van der Waals surface area contributed by atoms with Crippen LogP contribution in [0.4, 0.5) is 0 Å². The van der Waals surface area contributed by atoms with Crippen molar-refractivity contribution in [3.05, 3.63) is 188 Å². The molecule has 3 nitrogen and oxygen atoms in total. The van der Waals surface area contributed by atoms with E-state index in [4.69, 9.17) is 9.97 Å². The first-order valence-corrected chi connectivity index (χ1v) is 16.1. The maximum Gasteiger partial charge on any atom is 0.160 e. The third-order valence-corrected chi connectivity index (χ3v) is 8.59. The first kappa shape index (κ1) is 29.0. The summed E-state index contributed by atoms with van der Waals surface area (Å²) in [5.74, 6) is 0.697. The van der Waals surface area contributed by atoms with Crippen LogP contribution in [0.15, 0.2) is 188 Å². The number of pyridine rings is 1. The molecule has 6 aromatic carbocycles. The van der Waals surface area contributed by atoms with Crippen molar-refractivity contribution in [2.45, 2.75) is 0 Å². The van der Waals surface area contributed by atoms with E-state index >= 15 is 0 Å². The molecule has 2 heterocycles. The number of aromatic nitrogens is 3. The molecular formula is C45H31N3. The van der Waals surface area contributed by atoms with Gasteiger partial charge in [-0.25, -0.2) is 9.97 Å². The van der Waals surface area contributed by atoms with E-state index in [9.17, 15) is 0 Å². The maximum atomic E-state index is 5.17. The Morgan fingerprint density at radius 3 is 1.21 bits per heavy atom. The SMILES string of the molecule is c1ccc(-c2ccc(-c3cc(-c4cc(-c5ccccc5)cc(-c5ccc(-c6cccnc6)cc5)c4)nc(-c4ccccc4)n3)cc2)cc1. The Kier molecular flexibility index (Phi) is 7.92. The highest BCUT2D eigenvalue weighted by molar-refractivity contribution is 5.83. The van der Waals surface area contributed by atoms with Gasteiger partial charge in [-0.2, -0.15) is 0 Å². The van der Waals surface area contributed by atoms with Crippen LogP contribution in [-0.2, 0) is 0 Å². The lowest BCUT2D eigenvalue weighted by Crippen LogP contribution is -1.96. The van der Waals surface area contributed by atoms with E-state index in [0.29, 0.717) is 5.82 Å². The molecule has 0 spiro atoms. The molecule has 0 aliphatic carbocycles. The number of nitrogens with zero attached hydrogens (tertiary/aromatic N) is 3. The van der Waals surface area contributed by atoms with Gasteiger partial charge < -0.3 is 0 Å². The van der Waals surface area contributed by atoms with Crippen molar-refractivity contribution in [3.8, 4) is 78.4 Å². The molecule has 0 atom stereocenters. The van der Waals surface area contributed by atoms with Crippen molar-refractivity contribution in [2.75, 3.05) is 0 Å². The summed E-state index contributed by atoms with van der Waals surface area (Å²) in [6.45, 7) is 0. The Bertz CT molecular complexity index is 2120. The lowest BCUT2D eigenvalue weighted by Gasteiger charge is -2.14. The molecule has 0 bridgehead atoms. The van der Waals surface area contributed by atoms with Crippen LogP contribution in [0.5, 0.6) is 0 Å². The van der Waals surface area contributed by atoms with Crippen molar-refractivity contribution in [1.82, 2.24) is 15.0 Å². The molecule has 8 rings (SSSR count). The minimum Gasteiger partial charge on any atom is -0.264 e. The van der Waals surface area contributed by atoms with Gasteiger partial charge in [0.2, 0.25) is 0 Å². The maximum absolute atomic E-state index is 5.17. The highest BCUT2D eigenvalue weighted by atomic mass is 14.9. The topological polar surface area (TPSA) is 38.7 Å². The highest BCUT2D eigenvalue weighted by Gasteiger charge is 2.14. The van der Waals surface area contributed by atoms with Crippen LogP contribution in [0, 0.1) is 0 Å². The molecule has 0 amide bonds. The molecule has 8 aromatic rings. The second-order valence-electron chi connectivity index (χ2n) is 11.8. The van der Waals surface area contributed by atoms with E-state index < -0.39 is 0 Å². The highest BCUT2D eigenvalue weighted by Crippen LogP contribution is 2.35. The number of rotatable bonds is 7. The summed E-state index contributed by atoms with van der Waals surface area (Å²) in [7, 11) is 0. The summed E-state index contributed by atoms with van der Waals surface area (Å²) < 4.78 is 0. The van der Waals surface area contributed by atoms with Crippen LogP contribution in [0.25, 0.3) is 78.4 Å². The van der Waals surface area contributed by atoms with Crippen LogP contribution >= 0.6 is 0 Å². The largest absolute Gasteiger partial charge is 0.264 e. The molecule has 0 saturated carbocycles. The fourth-order valence-electron chi connectivity index (χ4n) is 6.05. The molecular weight excluding hydrogens is 583 g/mol. The monoisotopic (exact) mass is 613 g/mol. The average Bonchev–Trinajstić information content (AvgIpc) is 3.19. The van der Waals surface area contributed by atoms with Gasteiger partial charge in [0.05, 0.1) is 11.4 Å². The Morgan fingerprint density at radius 1 is 0.271 bits per heavy atom. The van der Waals surface area contributed by atoms with Crippen LogP contribution in [0.1, 0.15) is 0 Å². The second kappa shape index (κ2) is 13.1. The quantitative estimate of drug-likeness (QED) is 0.179. The minimum absolute atomic E-state index is 0.697. The minimum atomic E-state index is 0.697. The molecule has 0 saturated heterocycles. The van der Waals surface area contributed by atoms with Gasteiger partial charge in [0.15, 0.2) is 5.82 Å². The summed E-state index contributed by atoms with van der Waals surface area (Å²) in [6.07, 6.45) is 3.70. The molecule has 2 aromatic heterocycles. The van der Waals surface area contributed by atoms with Crippen molar-refractivity contribution < 1.29 is 0 Å². The molecule has 48 heavy (non-hydrogen) atoms. The van der Waals surface area contributed by atoms with Gasteiger partial charge in [-0.05, 0) is 74.8 Å².